The summed E-state index contributed by atoms with van der Waals surface area (Å²) in [7, 11) is 0. The SMILES string of the molecule is [B].[B].[B].[B].[Ho]. The van der Waals surface area contributed by atoms with E-state index in [0.29, 0.717) is 0 Å². The van der Waals surface area contributed by atoms with Gasteiger partial charge in [-0.3, -0.25) is 0 Å². The zero-order chi connectivity index (χ0) is 0. The second-order valence-electron chi connectivity index (χ2n) is 0. The van der Waals surface area contributed by atoms with Crippen LogP contribution in [-0.2, 0) is 0 Å². The van der Waals surface area contributed by atoms with Crippen molar-refractivity contribution >= 4 is 33.7 Å². The molecule has 0 aromatic carbocycles. The molecule has 23 valence electrons. The van der Waals surface area contributed by atoms with Gasteiger partial charge < -0.3 is 0 Å². The summed E-state index contributed by atoms with van der Waals surface area (Å²) in [6, 6.07) is 0. The molecule has 0 fully saturated rings. The van der Waals surface area contributed by atoms with E-state index in [1.165, 1.54) is 0 Å². The Balaban J connectivity index is 0. The molecule has 13 radical (unpaired) electrons. The minimum Gasteiger partial charge on any atom is 0 e. The van der Waals surface area contributed by atoms with Gasteiger partial charge in [0, 0.05) is 71.4 Å². The zero-order valence-electron chi connectivity index (χ0n) is 2.61. The molecule has 0 saturated carbocycles. The monoisotopic (exact) mass is 209 g/mol. The maximum atomic E-state index is 0. The van der Waals surface area contributed by atoms with E-state index in [-0.39, 0.29) is 71.4 Å². The van der Waals surface area contributed by atoms with Crippen molar-refractivity contribution in [2.24, 2.45) is 0 Å². The molecular formula is B4Ho. The summed E-state index contributed by atoms with van der Waals surface area (Å²) in [6.45, 7) is 0. The Morgan fingerprint density at radius 1 is 0.400 bits per heavy atom. The van der Waals surface area contributed by atoms with Crippen molar-refractivity contribution in [1.82, 2.24) is 0 Å². The van der Waals surface area contributed by atoms with Gasteiger partial charge in [-0.2, -0.15) is 0 Å². The Labute approximate surface area is 70.8 Å². The second kappa shape index (κ2) is 48.8. The van der Waals surface area contributed by atoms with Crippen molar-refractivity contribution in [3.05, 3.63) is 0 Å². The number of hydrogen-bond donors (Lipinski definition) is 0. The molecule has 0 aromatic heterocycles. The minimum absolute atomic E-state index is 0. The third-order valence-electron chi connectivity index (χ3n) is 0. The van der Waals surface area contributed by atoms with Crippen LogP contribution < -0.4 is 0 Å². The summed E-state index contributed by atoms with van der Waals surface area (Å²) < 4.78 is 0. The Hall–Kier alpha value is 1.52. The van der Waals surface area contributed by atoms with Crippen molar-refractivity contribution < 1.29 is 37.7 Å². The number of hydrogen-bond acceptors (Lipinski definition) is 0. The molecule has 0 spiro atoms. The van der Waals surface area contributed by atoms with E-state index in [0.717, 1.165) is 0 Å². The van der Waals surface area contributed by atoms with E-state index in [4.69, 9.17) is 0 Å². The summed E-state index contributed by atoms with van der Waals surface area (Å²) in [5.74, 6) is 0. The van der Waals surface area contributed by atoms with E-state index < -0.39 is 0 Å². The molecular weight excluding hydrogens is 208 g/mol. The Bertz CT molecular complexity index is 3.61. The van der Waals surface area contributed by atoms with Gasteiger partial charge in [0.1, 0.15) is 0 Å². The first-order chi connectivity index (χ1) is 0. The summed E-state index contributed by atoms with van der Waals surface area (Å²) >= 11 is 0. The maximum Gasteiger partial charge on any atom is 0 e. The molecule has 0 aliphatic carbocycles. The van der Waals surface area contributed by atoms with Gasteiger partial charge in [0.05, 0.1) is 0 Å². The average molecular weight is 208 g/mol. The van der Waals surface area contributed by atoms with Crippen molar-refractivity contribution in [3.63, 3.8) is 0 Å². The molecule has 0 saturated heterocycles. The predicted octanol–water partition coefficient (Wildman–Crippen LogP) is -1.52. The molecule has 0 N–H and O–H groups in total. The van der Waals surface area contributed by atoms with Gasteiger partial charge in [0.15, 0.2) is 0 Å². The first-order valence-electron chi connectivity index (χ1n) is 0. The fourth-order valence-electron chi connectivity index (χ4n) is 0. The molecule has 0 bridgehead atoms. The largest absolute Gasteiger partial charge is 0 e. The topological polar surface area (TPSA) is 0 Å². The molecule has 0 aliphatic heterocycles. The van der Waals surface area contributed by atoms with Gasteiger partial charge in [-0.15, -0.1) is 0 Å². The van der Waals surface area contributed by atoms with Crippen molar-refractivity contribution in [3.8, 4) is 0 Å². The summed E-state index contributed by atoms with van der Waals surface area (Å²) in [6.07, 6.45) is 0. The van der Waals surface area contributed by atoms with Crippen LogP contribution in [0.5, 0.6) is 0 Å². The summed E-state index contributed by atoms with van der Waals surface area (Å²) in [5.41, 5.74) is 0. The minimum atomic E-state index is 0. The van der Waals surface area contributed by atoms with Crippen LogP contribution in [-0.4, -0.2) is 33.7 Å². The molecule has 0 aromatic rings. The van der Waals surface area contributed by atoms with Crippen LogP contribution in [0.2, 0.25) is 0 Å². The van der Waals surface area contributed by atoms with Crippen LogP contribution in [0.3, 0.4) is 0 Å². The van der Waals surface area contributed by atoms with Crippen molar-refractivity contribution in [2.75, 3.05) is 0 Å². The quantitative estimate of drug-likeness (QED) is 0.424. The van der Waals surface area contributed by atoms with E-state index >= 15 is 0 Å². The van der Waals surface area contributed by atoms with Crippen molar-refractivity contribution in [2.45, 2.75) is 0 Å². The molecule has 0 rings (SSSR count). The van der Waals surface area contributed by atoms with Crippen molar-refractivity contribution in [1.29, 1.82) is 0 Å². The maximum absolute atomic E-state index is 0. The summed E-state index contributed by atoms with van der Waals surface area (Å²) in [5, 5.41) is 0. The first-order valence-corrected chi connectivity index (χ1v) is 0. The van der Waals surface area contributed by atoms with Gasteiger partial charge in [-0.05, 0) is 0 Å². The fraction of sp³-hybridized carbons (Fsp3) is 0. The Morgan fingerprint density at radius 3 is 0.400 bits per heavy atom. The average Bonchev–Trinajstić information content (AvgIpc) is 0. The zero-order valence-corrected chi connectivity index (χ0v) is 4.55. The Kier molecular flexibility index (Phi) is 840. The van der Waals surface area contributed by atoms with Crippen LogP contribution >= 0.6 is 0 Å². The van der Waals surface area contributed by atoms with Gasteiger partial charge in [0.25, 0.3) is 0 Å². The molecule has 0 amide bonds. The van der Waals surface area contributed by atoms with E-state index in [1.807, 2.05) is 0 Å². The second-order valence-corrected chi connectivity index (χ2v) is 0. The molecule has 0 heterocycles. The first kappa shape index (κ1) is 86.0. The van der Waals surface area contributed by atoms with Crippen LogP contribution in [0.4, 0.5) is 0 Å². The third kappa shape index (κ3) is 29.6. The van der Waals surface area contributed by atoms with Crippen LogP contribution in [0.15, 0.2) is 0 Å². The number of rotatable bonds is 0. The van der Waals surface area contributed by atoms with Gasteiger partial charge >= 0.3 is 0 Å². The standard InChI is InChI=1S/4B.Ho. The van der Waals surface area contributed by atoms with Gasteiger partial charge in [-0.1, -0.05) is 0 Å². The van der Waals surface area contributed by atoms with E-state index in [2.05, 4.69) is 0 Å². The normalized spacial score (nSPS) is 0. The molecule has 0 unspecified atom stereocenters. The Morgan fingerprint density at radius 2 is 0.400 bits per heavy atom. The molecule has 5 heavy (non-hydrogen) atoms. The van der Waals surface area contributed by atoms with E-state index in [1.54, 1.807) is 0 Å². The fourth-order valence-corrected chi connectivity index (χ4v) is 0. The molecule has 5 heteroatoms. The van der Waals surface area contributed by atoms with E-state index in [9.17, 15) is 0 Å². The van der Waals surface area contributed by atoms with Crippen LogP contribution in [0.1, 0.15) is 0 Å². The predicted molar refractivity (Wildman–Crippen MR) is 23.0 cm³/mol. The van der Waals surface area contributed by atoms with Crippen LogP contribution in [0.25, 0.3) is 0 Å². The molecule has 0 aliphatic rings. The van der Waals surface area contributed by atoms with Gasteiger partial charge in [0.2, 0.25) is 0 Å². The van der Waals surface area contributed by atoms with Gasteiger partial charge in [-0.25, -0.2) is 0 Å². The smallest absolute Gasteiger partial charge is 0 e. The van der Waals surface area contributed by atoms with Crippen LogP contribution in [0, 0.1) is 37.7 Å². The molecule has 0 atom stereocenters. The summed E-state index contributed by atoms with van der Waals surface area (Å²) in [4.78, 5) is 0. The third-order valence-corrected chi connectivity index (χ3v) is 0. The molecule has 0 nitrogen and oxygen atoms in total.